The second-order valence-electron chi connectivity index (χ2n) is 3.70. The normalized spacial score (nSPS) is 10.3. The molecular formula is C11H13ClN4S. The van der Waals surface area contributed by atoms with Crippen LogP contribution in [0.15, 0.2) is 24.4 Å². The number of hydrogen-bond acceptors (Lipinski definition) is 5. The van der Waals surface area contributed by atoms with E-state index in [0.29, 0.717) is 5.95 Å². The van der Waals surface area contributed by atoms with Gasteiger partial charge in [-0.2, -0.15) is 4.98 Å². The SMILES string of the molecule is CN(C)c1nccc(NCc2ccc(Cl)s2)n1. The zero-order valence-corrected chi connectivity index (χ0v) is 11.2. The molecule has 0 aliphatic carbocycles. The average Bonchev–Trinajstić information content (AvgIpc) is 2.73. The largest absolute Gasteiger partial charge is 0.365 e. The summed E-state index contributed by atoms with van der Waals surface area (Å²) in [6.45, 7) is 0.723. The van der Waals surface area contributed by atoms with Crippen LogP contribution in [0.5, 0.6) is 0 Å². The summed E-state index contributed by atoms with van der Waals surface area (Å²) >= 11 is 7.43. The molecule has 1 N–H and O–H groups in total. The van der Waals surface area contributed by atoms with Crippen molar-refractivity contribution in [1.82, 2.24) is 9.97 Å². The molecule has 0 aromatic carbocycles. The van der Waals surface area contributed by atoms with Gasteiger partial charge in [-0.15, -0.1) is 11.3 Å². The van der Waals surface area contributed by atoms with Crippen molar-refractivity contribution in [2.24, 2.45) is 0 Å². The van der Waals surface area contributed by atoms with E-state index in [1.54, 1.807) is 17.5 Å². The highest BCUT2D eigenvalue weighted by molar-refractivity contribution is 7.16. The number of halogens is 1. The van der Waals surface area contributed by atoms with Gasteiger partial charge in [-0.1, -0.05) is 11.6 Å². The predicted molar refractivity (Wildman–Crippen MR) is 73.0 cm³/mol. The molecule has 2 rings (SSSR count). The molecule has 4 nitrogen and oxygen atoms in total. The Balaban J connectivity index is 2.01. The first-order valence-corrected chi connectivity index (χ1v) is 6.33. The van der Waals surface area contributed by atoms with Crippen molar-refractivity contribution in [1.29, 1.82) is 0 Å². The maximum atomic E-state index is 5.87. The van der Waals surface area contributed by atoms with Crippen molar-refractivity contribution in [3.8, 4) is 0 Å². The van der Waals surface area contributed by atoms with Crippen LogP contribution in [0.25, 0.3) is 0 Å². The van der Waals surface area contributed by atoms with Gasteiger partial charge in [0.25, 0.3) is 0 Å². The maximum Gasteiger partial charge on any atom is 0.226 e. The van der Waals surface area contributed by atoms with Crippen molar-refractivity contribution >= 4 is 34.7 Å². The third-order valence-corrected chi connectivity index (χ3v) is 3.35. The lowest BCUT2D eigenvalue weighted by Gasteiger charge is -2.11. The molecule has 17 heavy (non-hydrogen) atoms. The third-order valence-electron chi connectivity index (χ3n) is 2.12. The van der Waals surface area contributed by atoms with Crippen LogP contribution in [0.1, 0.15) is 4.88 Å². The fourth-order valence-corrected chi connectivity index (χ4v) is 2.31. The molecule has 0 amide bonds. The smallest absolute Gasteiger partial charge is 0.226 e. The van der Waals surface area contributed by atoms with Gasteiger partial charge < -0.3 is 10.2 Å². The Hall–Kier alpha value is -1.33. The molecule has 2 aromatic heterocycles. The Morgan fingerprint density at radius 3 is 2.82 bits per heavy atom. The molecule has 0 aliphatic rings. The van der Waals surface area contributed by atoms with Gasteiger partial charge in [-0.25, -0.2) is 4.98 Å². The fraction of sp³-hybridized carbons (Fsp3) is 0.273. The summed E-state index contributed by atoms with van der Waals surface area (Å²) in [7, 11) is 3.83. The monoisotopic (exact) mass is 268 g/mol. The highest BCUT2D eigenvalue weighted by Crippen LogP contribution is 2.22. The Morgan fingerprint density at radius 1 is 1.35 bits per heavy atom. The minimum absolute atomic E-state index is 0.694. The maximum absolute atomic E-state index is 5.87. The lowest BCUT2D eigenvalue weighted by Crippen LogP contribution is -2.13. The molecule has 0 saturated heterocycles. The lowest BCUT2D eigenvalue weighted by atomic mass is 10.4. The second kappa shape index (κ2) is 5.33. The standard InChI is InChI=1S/C11H13ClN4S/c1-16(2)11-13-6-5-10(15-11)14-7-8-3-4-9(12)17-8/h3-6H,7H2,1-2H3,(H,13,14,15). The number of nitrogens with zero attached hydrogens (tertiary/aromatic N) is 3. The molecule has 0 spiro atoms. The van der Waals surface area contributed by atoms with Crippen LogP contribution in [0.4, 0.5) is 11.8 Å². The van der Waals surface area contributed by atoms with Gasteiger partial charge in [0.15, 0.2) is 0 Å². The van der Waals surface area contributed by atoms with Crippen molar-refractivity contribution < 1.29 is 0 Å². The molecular weight excluding hydrogens is 256 g/mol. The van der Waals surface area contributed by atoms with E-state index in [4.69, 9.17) is 11.6 Å². The quantitative estimate of drug-likeness (QED) is 0.926. The molecule has 0 bridgehead atoms. The Bertz CT molecular complexity index is 498. The minimum atomic E-state index is 0.694. The molecule has 0 aliphatic heterocycles. The van der Waals surface area contributed by atoms with E-state index in [-0.39, 0.29) is 0 Å². The first-order valence-electron chi connectivity index (χ1n) is 5.13. The molecule has 0 radical (unpaired) electrons. The summed E-state index contributed by atoms with van der Waals surface area (Å²) < 4.78 is 0.804. The summed E-state index contributed by atoms with van der Waals surface area (Å²) in [5.74, 6) is 1.51. The van der Waals surface area contributed by atoms with Gasteiger partial charge in [0.2, 0.25) is 5.95 Å². The van der Waals surface area contributed by atoms with Crippen molar-refractivity contribution in [3.05, 3.63) is 33.6 Å². The predicted octanol–water partition coefficient (Wildman–Crippen LogP) is 2.87. The van der Waals surface area contributed by atoms with Gasteiger partial charge in [-0.3, -0.25) is 0 Å². The van der Waals surface area contributed by atoms with Crippen LogP contribution < -0.4 is 10.2 Å². The first kappa shape index (κ1) is 12.1. The summed E-state index contributed by atoms with van der Waals surface area (Å²) in [5.41, 5.74) is 0. The van der Waals surface area contributed by atoms with Crippen LogP contribution in [0, 0.1) is 0 Å². The molecule has 0 saturated carbocycles. The molecule has 6 heteroatoms. The molecule has 90 valence electrons. The van der Waals surface area contributed by atoms with Gasteiger partial charge in [0.1, 0.15) is 5.82 Å². The van der Waals surface area contributed by atoms with E-state index in [1.165, 1.54) is 4.88 Å². The van der Waals surface area contributed by atoms with Crippen LogP contribution in [0.3, 0.4) is 0 Å². The average molecular weight is 269 g/mol. The number of anilines is 2. The molecule has 0 atom stereocenters. The van der Waals surface area contributed by atoms with Gasteiger partial charge in [-0.05, 0) is 18.2 Å². The Kier molecular flexibility index (Phi) is 3.81. The molecule has 2 heterocycles. The van der Waals surface area contributed by atoms with E-state index in [1.807, 2.05) is 37.2 Å². The van der Waals surface area contributed by atoms with E-state index in [2.05, 4.69) is 15.3 Å². The Labute approximate surface area is 109 Å². The minimum Gasteiger partial charge on any atom is -0.365 e. The fourth-order valence-electron chi connectivity index (χ4n) is 1.29. The summed E-state index contributed by atoms with van der Waals surface area (Å²) in [6.07, 6.45) is 1.74. The van der Waals surface area contributed by atoms with Crippen LogP contribution in [-0.2, 0) is 6.54 Å². The van der Waals surface area contributed by atoms with Crippen molar-refractivity contribution in [2.45, 2.75) is 6.54 Å². The van der Waals surface area contributed by atoms with E-state index >= 15 is 0 Å². The molecule has 2 aromatic rings. The van der Waals surface area contributed by atoms with Crippen LogP contribution >= 0.6 is 22.9 Å². The lowest BCUT2D eigenvalue weighted by molar-refractivity contribution is 0.990. The second-order valence-corrected chi connectivity index (χ2v) is 5.50. The zero-order valence-electron chi connectivity index (χ0n) is 9.64. The number of rotatable bonds is 4. The number of hydrogen-bond donors (Lipinski definition) is 1. The summed E-state index contributed by atoms with van der Waals surface area (Å²) in [4.78, 5) is 11.6. The Morgan fingerprint density at radius 2 is 2.18 bits per heavy atom. The first-order chi connectivity index (χ1) is 8.15. The molecule has 0 fully saturated rings. The zero-order chi connectivity index (χ0) is 12.3. The molecule has 0 unspecified atom stereocenters. The number of nitrogens with one attached hydrogen (secondary N) is 1. The van der Waals surface area contributed by atoms with Crippen molar-refractivity contribution in [3.63, 3.8) is 0 Å². The van der Waals surface area contributed by atoms with E-state index in [0.717, 1.165) is 16.7 Å². The van der Waals surface area contributed by atoms with E-state index < -0.39 is 0 Å². The third kappa shape index (κ3) is 3.31. The van der Waals surface area contributed by atoms with Crippen molar-refractivity contribution in [2.75, 3.05) is 24.3 Å². The topological polar surface area (TPSA) is 41.1 Å². The summed E-state index contributed by atoms with van der Waals surface area (Å²) in [6, 6.07) is 5.75. The van der Waals surface area contributed by atoms with Gasteiger partial charge >= 0.3 is 0 Å². The number of aromatic nitrogens is 2. The summed E-state index contributed by atoms with van der Waals surface area (Å²) in [5, 5.41) is 3.24. The van der Waals surface area contributed by atoms with Gasteiger partial charge in [0, 0.05) is 25.2 Å². The highest BCUT2D eigenvalue weighted by atomic mass is 35.5. The highest BCUT2D eigenvalue weighted by Gasteiger charge is 2.02. The van der Waals surface area contributed by atoms with Crippen LogP contribution in [0.2, 0.25) is 4.34 Å². The van der Waals surface area contributed by atoms with Crippen LogP contribution in [-0.4, -0.2) is 24.1 Å². The van der Waals surface area contributed by atoms with Gasteiger partial charge in [0.05, 0.1) is 10.9 Å². The van der Waals surface area contributed by atoms with E-state index in [9.17, 15) is 0 Å². The number of thiophene rings is 1.